The molecule has 0 bridgehead atoms. The molecule has 114 valence electrons. The molecule has 2 N–H and O–H groups in total. The first-order valence-electron chi connectivity index (χ1n) is 7.11. The number of aromatic nitrogens is 3. The lowest BCUT2D eigenvalue weighted by Gasteiger charge is -2.17. The van der Waals surface area contributed by atoms with Crippen LogP contribution in [0, 0.1) is 6.92 Å². The third-order valence-corrected chi connectivity index (χ3v) is 4.26. The Balaban J connectivity index is 2.01. The van der Waals surface area contributed by atoms with Crippen LogP contribution < -0.4 is 10.6 Å². The largest absolute Gasteiger partial charge is 0.362 e. The van der Waals surface area contributed by atoms with E-state index in [-0.39, 0.29) is 11.9 Å². The maximum atomic E-state index is 12.4. The second kappa shape index (κ2) is 7.21. The van der Waals surface area contributed by atoms with Crippen molar-refractivity contribution in [2.24, 2.45) is 0 Å². The van der Waals surface area contributed by atoms with E-state index in [1.165, 1.54) is 11.3 Å². The fourth-order valence-corrected chi connectivity index (χ4v) is 2.95. The van der Waals surface area contributed by atoms with Crippen molar-refractivity contribution in [1.29, 1.82) is 0 Å². The normalized spacial score (nSPS) is 12.1. The molecule has 7 heteroatoms. The first kappa shape index (κ1) is 15.5. The van der Waals surface area contributed by atoms with Gasteiger partial charge < -0.3 is 15.2 Å². The van der Waals surface area contributed by atoms with Gasteiger partial charge >= 0.3 is 0 Å². The van der Waals surface area contributed by atoms with Crippen LogP contribution in [0.25, 0.3) is 0 Å². The molecule has 0 saturated carbocycles. The van der Waals surface area contributed by atoms with Crippen LogP contribution in [-0.2, 0) is 6.54 Å². The van der Waals surface area contributed by atoms with E-state index in [1.54, 1.807) is 12.5 Å². The number of carbonyl (C=O) groups excluding carboxylic acids is 1. The second-order valence-corrected chi connectivity index (χ2v) is 5.80. The molecular formula is C14H21N5OS. The van der Waals surface area contributed by atoms with Crippen molar-refractivity contribution < 1.29 is 4.79 Å². The van der Waals surface area contributed by atoms with Gasteiger partial charge in [0.05, 0.1) is 12.0 Å². The lowest BCUT2D eigenvalue weighted by Crippen LogP contribution is -2.37. The van der Waals surface area contributed by atoms with Gasteiger partial charge in [0.15, 0.2) is 5.13 Å². The second-order valence-electron chi connectivity index (χ2n) is 4.80. The first-order chi connectivity index (χ1) is 10.1. The fraction of sp³-hybridized carbons (Fsp3) is 0.500. The molecule has 0 aliphatic heterocycles. The maximum Gasteiger partial charge on any atom is 0.263 e. The summed E-state index contributed by atoms with van der Waals surface area (Å²) >= 11 is 1.40. The summed E-state index contributed by atoms with van der Waals surface area (Å²) in [6.07, 6.45) is 6.26. The van der Waals surface area contributed by atoms with Gasteiger partial charge in [-0.15, -0.1) is 0 Å². The van der Waals surface area contributed by atoms with E-state index >= 15 is 0 Å². The number of aryl methyl sites for hydroxylation is 1. The van der Waals surface area contributed by atoms with Gasteiger partial charge in [-0.2, -0.15) is 0 Å². The number of nitrogens with zero attached hydrogens (tertiary/aromatic N) is 3. The van der Waals surface area contributed by atoms with Crippen molar-refractivity contribution in [2.75, 3.05) is 11.9 Å². The highest BCUT2D eigenvalue weighted by Gasteiger charge is 2.18. The molecule has 2 aromatic heterocycles. The zero-order valence-corrected chi connectivity index (χ0v) is 13.4. The minimum atomic E-state index is -0.0545. The van der Waals surface area contributed by atoms with Crippen LogP contribution in [-0.4, -0.2) is 33.0 Å². The zero-order valence-electron chi connectivity index (χ0n) is 12.6. The monoisotopic (exact) mass is 307 g/mol. The van der Waals surface area contributed by atoms with Crippen molar-refractivity contribution in [3.63, 3.8) is 0 Å². The Morgan fingerprint density at radius 3 is 2.90 bits per heavy atom. The summed E-state index contributed by atoms with van der Waals surface area (Å²) in [6.45, 7) is 7.45. The van der Waals surface area contributed by atoms with Crippen LogP contribution in [0.3, 0.4) is 0 Å². The van der Waals surface area contributed by atoms with Crippen molar-refractivity contribution in [1.82, 2.24) is 19.9 Å². The lowest BCUT2D eigenvalue weighted by molar-refractivity contribution is 0.0935. The third kappa shape index (κ3) is 4.04. The van der Waals surface area contributed by atoms with E-state index in [0.29, 0.717) is 4.88 Å². The van der Waals surface area contributed by atoms with Crippen LogP contribution in [0.2, 0.25) is 0 Å². The smallest absolute Gasteiger partial charge is 0.263 e. The molecule has 0 fully saturated rings. The average Bonchev–Trinajstić information content (AvgIpc) is 3.08. The summed E-state index contributed by atoms with van der Waals surface area (Å²) in [5, 5.41) is 7.01. The zero-order chi connectivity index (χ0) is 15.2. The van der Waals surface area contributed by atoms with Crippen LogP contribution in [0.5, 0.6) is 0 Å². The van der Waals surface area contributed by atoms with Crippen molar-refractivity contribution >= 4 is 22.4 Å². The van der Waals surface area contributed by atoms with E-state index in [0.717, 1.165) is 30.3 Å². The minimum absolute atomic E-state index is 0.0545. The number of nitrogens with one attached hydrogen (secondary N) is 2. The van der Waals surface area contributed by atoms with Gasteiger partial charge in [0.2, 0.25) is 0 Å². The molecule has 1 atom stereocenters. The Labute approximate surface area is 128 Å². The molecule has 0 aliphatic rings. The Morgan fingerprint density at radius 1 is 1.48 bits per heavy atom. The molecule has 0 radical (unpaired) electrons. The summed E-state index contributed by atoms with van der Waals surface area (Å²) in [5.41, 5.74) is 0.769. The predicted octanol–water partition coefficient (Wildman–Crippen LogP) is 2.29. The molecule has 21 heavy (non-hydrogen) atoms. The van der Waals surface area contributed by atoms with Gasteiger partial charge in [0.1, 0.15) is 4.88 Å². The van der Waals surface area contributed by atoms with Gasteiger partial charge in [-0.1, -0.05) is 18.3 Å². The fourth-order valence-electron chi connectivity index (χ4n) is 2.01. The molecular weight excluding hydrogens is 286 g/mol. The molecule has 0 aromatic carbocycles. The van der Waals surface area contributed by atoms with Crippen LogP contribution in [0.4, 0.5) is 5.13 Å². The topological polar surface area (TPSA) is 71.8 Å². The SMILES string of the molecule is CCNc1nc(C)c(C(=O)NC(CC)Cn2ccnc2)s1. The Hall–Kier alpha value is -1.89. The summed E-state index contributed by atoms with van der Waals surface area (Å²) in [6, 6.07) is 0.0794. The Bertz CT molecular complexity index is 578. The van der Waals surface area contributed by atoms with E-state index in [2.05, 4.69) is 27.5 Å². The number of hydrogen-bond acceptors (Lipinski definition) is 5. The van der Waals surface area contributed by atoms with Crippen LogP contribution in [0.1, 0.15) is 35.6 Å². The highest BCUT2D eigenvalue weighted by molar-refractivity contribution is 7.17. The van der Waals surface area contributed by atoms with E-state index in [4.69, 9.17) is 0 Å². The third-order valence-electron chi connectivity index (χ3n) is 3.15. The number of hydrogen-bond donors (Lipinski definition) is 2. The van der Waals surface area contributed by atoms with E-state index in [1.807, 2.05) is 24.6 Å². The molecule has 1 amide bonds. The van der Waals surface area contributed by atoms with Gasteiger partial charge in [-0.25, -0.2) is 9.97 Å². The van der Waals surface area contributed by atoms with Crippen molar-refractivity contribution in [3.8, 4) is 0 Å². The molecule has 0 aliphatic carbocycles. The number of carbonyl (C=O) groups is 1. The molecule has 0 spiro atoms. The highest BCUT2D eigenvalue weighted by Crippen LogP contribution is 2.22. The van der Waals surface area contributed by atoms with Crippen LogP contribution >= 0.6 is 11.3 Å². The number of rotatable bonds is 7. The standard InChI is InChI=1S/C14H21N5OS/c1-4-11(8-19-7-6-15-9-19)18-13(20)12-10(3)17-14(21-12)16-5-2/h6-7,9,11H,4-5,8H2,1-3H3,(H,16,17)(H,18,20). The van der Waals surface area contributed by atoms with Gasteiger partial charge in [0.25, 0.3) is 5.91 Å². The molecule has 6 nitrogen and oxygen atoms in total. The first-order valence-corrected chi connectivity index (χ1v) is 7.93. The maximum absolute atomic E-state index is 12.4. The highest BCUT2D eigenvalue weighted by atomic mass is 32.1. The number of amides is 1. The van der Waals surface area contributed by atoms with Crippen molar-refractivity contribution in [2.45, 2.75) is 39.8 Å². The quantitative estimate of drug-likeness (QED) is 0.823. The number of thiazole rings is 1. The molecule has 2 rings (SSSR count). The summed E-state index contributed by atoms with van der Waals surface area (Å²) in [5.74, 6) is -0.0545. The number of imidazole rings is 1. The van der Waals surface area contributed by atoms with Gasteiger partial charge in [0, 0.05) is 31.5 Å². The van der Waals surface area contributed by atoms with E-state index in [9.17, 15) is 4.79 Å². The molecule has 0 saturated heterocycles. The van der Waals surface area contributed by atoms with E-state index < -0.39 is 0 Å². The van der Waals surface area contributed by atoms with Gasteiger partial charge in [-0.05, 0) is 20.3 Å². The lowest BCUT2D eigenvalue weighted by atomic mass is 10.2. The van der Waals surface area contributed by atoms with Crippen LogP contribution in [0.15, 0.2) is 18.7 Å². The molecule has 1 unspecified atom stereocenters. The molecule has 2 aromatic rings. The van der Waals surface area contributed by atoms with Crippen molar-refractivity contribution in [3.05, 3.63) is 29.3 Å². The average molecular weight is 307 g/mol. The Kier molecular flexibility index (Phi) is 5.32. The summed E-state index contributed by atoms with van der Waals surface area (Å²) < 4.78 is 1.97. The van der Waals surface area contributed by atoms with Gasteiger partial charge in [-0.3, -0.25) is 4.79 Å². The summed E-state index contributed by atoms with van der Waals surface area (Å²) in [7, 11) is 0. The summed E-state index contributed by atoms with van der Waals surface area (Å²) in [4.78, 5) is 21.4. The predicted molar refractivity (Wildman–Crippen MR) is 84.8 cm³/mol. The minimum Gasteiger partial charge on any atom is -0.362 e. The molecule has 2 heterocycles. The number of anilines is 1. The Morgan fingerprint density at radius 2 is 2.29 bits per heavy atom.